The molecule has 2 N–H and O–H groups in total. The van der Waals surface area contributed by atoms with E-state index in [0.717, 1.165) is 0 Å². The van der Waals surface area contributed by atoms with Crippen LogP contribution in [0.4, 0.5) is 11.9 Å². The molecule has 3 rings (SSSR count). The van der Waals surface area contributed by atoms with Crippen molar-refractivity contribution >= 4 is 29.6 Å². The van der Waals surface area contributed by atoms with Crippen LogP contribution in [0.2, 0.25) is 0 Å². The first kappa shape index (κ1) is 19.5. The normalized spacial score (nSPS) is 10.7. The average molecular weight is 401 g/mol. The lowest BCUT2D eigenvalue weighted by atomic mass is 10.2. The Bertz CT molecular complexity index is 993. The molecule has 11 heteroatoms. The predicted octanol–water partition coefficient (Wildman–Crippen LogP) is 1.96. The summed E-state index contributed by atoms with van der Waals surface area (Å²) in [5.74, 6) is 1.04. The number of hydrogen-bond acceptors (Lipinski definition) is 11. The van der Waals surface area contributed by atoms with E-state index >= 15 is 0 Å². The summed E-state index contributed by atoms with van der Waals surface area (Å²) in [5.41, 5.74) is 6.46. The molecule has 0 atom stereocenters. The Labute approximate surface area is 165 Å². The van der Waals surface area contributed by atoms with E-state index in [-0.39, 0.29) is 23.9 Å². The highest BCUT2D eigenvalue weighted by Gasteiger charge is 2.21. The summed E-state index contributed by atoms with van der Waals surface area (Å²) < 4.78 is 10.7. The first-order valence-electron chi connectivity index (χ1n) is 8.20. The molecule has 0 radical (unpaired) electrons. The summed E-state index contributed by atoms with van der Waals surface area (Å²) in [7, 11) is 3.55. The lowest BCUT2D eigenvalue weighted by Gasteiger charge is -2.13. The van der Waals surface area contributed by atoms with E-state index in [1.54, 1.807) is 38.1 Å². The van der Waals surface area contributed by atoms with Gasteiger partial charge >= 0.3 is 5.97 Å². The number of carbonyl (C=O) groups excluding carboxylic acids is 1. The second kappa shape index (κ2) is 8.21. The SMILES string of the molecule is CSc1nc(-c2ccco2)nc(C)c1C(=O)OCc1nc(N)nc(N(C)C)n1. The summed E-state index contributed by atoms with van der Waals surface area (Å²) in [4.78, 5) is 35.3. The fraction of sp³-hybridized carbons (Fsp3) is 0.294. The Morgan fingerprint density at radius 1 is 1.25 bits per heavy atom. The third-order valence-corrected chi connectivity index (χ3v) is 4.30. The Morgan fingerprint density at radius 3 is 2.68 bits per heavy atom. The molecule has 0 aliphatic carbocycles. The molecule has 0 unspecified atom stereocenters. The maximum atomic E-state index is 12.7. The first-order chi connectivity index (χ1) is 13.4. The van der Waals surface area contributed by atoms with Crippen LogP contribution in [0, 0.1) is 6.92 Å². The molecule has 0 bridgehead atoms. The zero-order chi connectivity index (χ0) is 20.3. The molecule has 0 aliphatic heterocycles. The van der Waals surface area contributed by atoms with Gasteiger partial charge in [-0.05, 0) is 25.3 Å². The van der Waals surface area contributed by atoms with Gasteiger partial charge in [-0.3, -0.25) is 0 Å². The van der Waals surface area contributed by atoms with Crippen molar-refractivity contribution in [3.05, 3.63) is 35.5 Å². The number of aromatic nitrogens is 5. The first-order valence-corrected chi connectivity index (χ1v) is 9.43. The minimum Gasteiger partial charge on any atom is -0.461 e. The highest BCUT2D eigenvalue weighted by Crippen LogP contribution is 2.26. The molecule has 0 amide bonds. The quantitative estimate of drug-likeness (QED) is 0.369. The predicted molar refractivity (Wildman–Crippen MR) is 104 cm³/mol. The van der Waals surface area contributed by atoms with Crippen molar-refractivity contribution in [2.75, 3.05) is 31.0 Å². The Morgan fingerprint density at radius 2 is 2.04 bits per heavy atom. The lowest BCUT2D eigenvalue weighted by molar-refractivity contribution is 0.0455. The van der Waals surface area contributed by atoms with Crippen LogP contribution in [-0.4, -0.2) is 51.2 Å². The maximum absolute atomic E-state index is 12.7. The summed E-state index contributed by atoms with van der Waals surface area (Å²) in [6.07, 6.45) is 3.36. The number of nitrogens with zero attached hydrogens (tertiary/aromatic N) is 6. The minimum absolute atomic E-state index is 0.0527. The minimum atomic E-state index is -0.571. The van der Waals surface area contributed by atoms with Crippen LogP contribution in [0.1, 0.15) is 21.9 Å². The highest BCUT2D eigenvalue weighted by atomic mass is 32.2. The number of nitrogen functional groups attached to an aromatic ring is 1. The van der Waals surface area contributed by atoms with E-state index < -0.39 is 5.97 Å². The van der Waals surface area contributed by atoms with E-state index in [2.05, 4.69) is 24.9 Å². The molecule has 0 spiro atoms. The molecule has 0 saturated heterocycles. The summed E-state index contributed by atoms with van der Waals surface area (Å²) in [5, 5.41) is 0.494. The topological polar surface area (TPSA) is 133 Å². The zero-order valence-corrected chi connectivity index (χ0v) is 16.6. The Balaban J connectivity index is 1.83. The molecule has 0 aromatic carbocycles. The number of furan rings is 1. The van der Waals surface area contributed by atoms with Gasteiger partial charge in [0.2, 0.25) is 11.9 Å². The molecular formula is C17H19N7O3S. The summed E-state index contributed by atoms with van der Waals surface area (Å²) in [6.45, 7) is 1.56. The van der Waals surface area contributed by atoms with Gasteiger partial charge < -0.3 is 19.8 Å². The van der Waals surface area contributed by atoms with Gasteiger partial charge in [-0.2, -0.15) is 15.0 Å². The van der Waals surface area contributed by atoms with Crippen molar-refractivity contribution < 1.29 is 13.9 Å². The zero-order valence-electron chi connectivity index (χ0n) is 15.8. The molecular weight excluding hydrogens is 382 g/mol. The second-order valence-corrected chi connectivity index (χ2v) is 6.67. The number of carbonyl (C=O) groups is 1. The molecule has 3 aromatic heterocycles. The average Bonchev–Trinajstić information content (AvgIpc) is 3.19. The smallest absolute Gasteiger partial charge is 0.343 e. The van der Waals surface area contributed by atoms with Gasteiger partial charge in [0.1, 0.15) is 10.6 Å². The van der Waals surface area contributed by atoms with Gasteiger partial charge in [0.05, 0.1) is 12.0 Å². The van der Waals surface area contributed by atoms with Crippen LogP contribution in [0.5, 0.6) is 0 Å². The van der Waals surface area contributed by atoms with Crippen molar-refractivity contribution in [1.82, 2.24) is 24.9 Å². The molecule has 0 aliphatic rings. The second-order valence-electron chi connectivity index (χ2n) is 5.87. The van der Waals surface area contributed by atoms with Gasteiger partial charge in [-0.15, -0.1) is 11.8 Å². The number of esters is 1. The molecule has 0 fully saturated rings. The third-order valence-electron chi connectivity index (χ3n) is 3.62. The number of anilines is 2. The monoisotopic (exact) mass is 401 g/mol. The molecule has 3 heterocycles. The Hall–Kier alpha value is -3.21. The number of ether oxygens (including phenoxy) is 1. The standard InChI is InChI=1S/C17H19N7O3S/c1-9-12(14(28-4)22-13(19-9)10-6-5-7-26-10)15(25)27-8-11-20-16(18)23-17(21-11)24(2)3/h5-7H,8H2,1-4H3,(H2,18,20,21,23). The largest absolute Gasteiger partial charge is 0.461 e. The highest BCUT2D eigenvalue weighted by molar-refractivity contribution is 7.98. The van der Waals surface area contributed by atoms with Gasteiger partial charge in [0, 0.05) is 14.1 Å². The lowest BCUT2D eigenvalue weighted by Crippen LogP contribution is -2.17. The summed E-state index contributed by atoms with van der Waals surface area (Å²) in [6, 6.07) is 3.50. The van der Waals surface area contributed by atoms with Gasteiger partial charge in [0.25, 0.3) is 0 Å². The number of nitrogens with two attached hydrogens (primary N) is 1. The van der Waals surface area contributed by atoms with Crippen LogP contribution in [0.15, 0.2) is 27.8 Å². The fourth-order valence-corrected chi connectivity index (χ4v) is 2.95. The van der Waals surface area contributed by atoms with Crippen LogP contribution in [0.3, 0.4) is 0 Å². The van der Waals surface area contributed by atoms with Crippen molar-refractivity contribution in [2.45, 2.75) is 18.6 Å². The van der Waals surface area contributed by atoms with Gasteiger partial charge in [-0.25, -0.2) is 14.8 Å². The van der Waals surface area contributed by atoms with Crippen molar-refractivity contribution in [1.29, 1.82) is 0 Å². The molecule has 0 saturated carbocycles. The van der Waals surface area contributed by atoms with Crippen LogP contribution < -0.4 is 10.6 Å². The summed E-state index contributed by atoms with van der Waals surface area (Å²) >= 11 is 1.32. The van der Waals surface area contributed by atoms with E-state index in [9.17, 15) is 4.79 Å². The number of hydrogen-bond donors (Lipinski definition) is 1. The molecule has 3 aromatic rings. The molecule has 28 heavy (non-hydrogen) atoms. The van der Waals surface area contributed by atoms with Crippen molar-refractivity contribution in [2.24, 2.45) is 0 Å². The number of thioether (sulfide) groups is 1. The molecule has 146 valence electrons. The van der Waals surface area contributed by atoms with Crippen molar-refractivity contribution in [3.8, 4) is 11.6 Å². The van der Waals surface area contributed by atoms with Crippen LogP contribution >= 0.6 is 11.8 Å². The van der Waals surface area contributed by atoms with E-state index in [4.69, 9.17) is 14.9 Å². The van der Waals surface area contributed by atoms with E-state index in [1.165, 1.54) is 18.0 Å². The number of aryl methyl sites for hydroxylation is 1. The van der Waals surface area contributed by atoms with E-state index in [1.807, 2.05) is 6.26 Å². The maximum Gasteiger partial charge on any atom is 0.343 e. The molecule has 10 nitrogen and oxygen atoms in total. The van der Waals surface area contributed by atoms with Gasteiger partial charge in [0.15, 0.2) is 24.0 Å². The Kier molecular flexibility index (Phi) is 5.73. The van der Waals surface area contributed by atoms with Gasteiger partial charge in [-0.1, -0.05) is 0 Å². The van der Waals surface area contributed by atoms with E-state index in [0.29, 0.717) is 28.3 Å². The third kappa shape index (κ3) is 4.19. The number of rotatable bonds is 6. The van der Waals surface area contributed by atoms with Crippen LogP contribution in [-0.2, 0) is 11.3 Å². The fourth-order valence-electron chi connectivity index (χ4n) is 2.34. The van der Waals surface area contributed by atoms with Crippen molar-refractivity contribution in [3.63, 3.8) is 0 Å². The van der Waals surface area contributed by atoms with Crippen LogP contribution in [0.25, 0.3) is 11.6 Å².